The number of fused-ring (bicyclic) bond motifs is 1. The average molecular weight is 749 g/mol. The Balaban J connectivity index is 1.32. The van der Waals surface area contributed by atoms with Gasteiger partial charge in [0.15, 0.2) is 0 Å². The summed E-state index contributed by atoms with van der Waals surface area (Å²) in [4.78, 5) is 61.5. The largest absolute Gasteiger partial charge is 0.445 e. The highest BCUT2D eigenvalue weighted by molar-refractivity contribution is 7.81. The third kappa shape index (κ3) is 12.2. The van der Waals surface area contributed by atoms with Gasteiger partial charge in [-0.05, 0) is 39.8 Å². The van der Waals surface area contributed by atoms with E-state index in [1.165, 1.54) is 6.33 Å². The van der Waals surface area contributed by atoms with Gasteiger partial charge in [-0.25, -0.2) is 9.78 Å². The molecule has 0 spiro atoms. The van der Waals surface area contributed by atoms with E-state index in [1.54, 1.807) is 6.20 Å². The lowest BCUT2D eigenvalue weighted by atomic mass is 9.97. The third-order valence-electron chi connectivity index (χ3n) is 8.98. The van der Waals surface area contributed by atoms with Crippen LogP contribution in [-0.2, 0) is 45.1 Å². The fourth-order valence-electron chi connectivity index (χ4n) is 6.21. The van der Waals surface area contributed by atoms with E-state index in [4.69, 9.17) is 17.4 Å². The molecule has 1 aromatic heterocycles. The molecule has 11 nitrogen and oxygen atoms in total. The number of alkyl carbamates (subject to hydrolysis) is 1. The summed E-state index contributed by atoms with van der Waals surface area (Å²) in [6.07, 6.45) is 3.18. The predicted octanol–water partition coefficient (Wildman–Crippen LogP) is 5.66. The molecule has 282 valence electrons. The number of nitrogens with zero attached hydrogens (tertiary/aromatic N) is 1. The van der Waals surface area contributed by atoms with Crippen molar-refractivity contribution in [3.8, 4) is 0 Å². The minimum absolute atomic E-state index is 0.0204. The summed E-state index contributed by atoms with van der Waals surface area (Å²) in [5.74, 6) is -1.04. The number of rotatable bonds is 18. The van der Waals surface area contributed by atoms with Crippen LogP contribution in [0.1, 0.15) is 49.1 Å². The van der Waals surface area contributed by atoms with Crippen molar-refractivity contribution < 1.29 is 23.9 Å². The molecule has 4 atom stereocenters. The Hall–Kier alpha value is -5.62. The molecule has 5 rings (SSSR count). The summed E-state index contributed by atoms with van der Waals surface area (Å²) >= 11 is 4.78. The minimum Gasteiger partial charge on any atom is -0.445 e. The lowest BCUT2D eigenvalue weighted by molar-refractivity contribution is -0.130. The molecule has 4 aromatic carbocycles. The van der Waals surface area contributed by atoms with Crippen molar-refractivity contribution in [1.29, 1.82) is 0 Å². The van der Waals surface area contributed by atoms with E-state index in [-0.39, 0.29) is 37.7 Å². The molecule has 0 aliphatic heterocycles. The Morgan fingerprint density at radius 1 is 0.759 bits per heavy atom. The van der Waals surface area contributed by atoms with Crippen LogP contribution in [0.2, 0.25) is 0 Å². The van der Waals surface area contributed by atoms with Crippen LogP contribution >= 0.6 is 12.6 Å². The number of thiol groups is 1. The molecule has 0 saturated carbocycles. The van der Waals surface area contributed by atoms with Gasteiger partial charge in [-0.1, -0.05) is 117 Å². The van der Waals surface area contributed by atoms with Crippen LogP contribution < -0.4 is 21.3 Å². The van der Waals surface area contributed by atoms with Gasteiger partial charge in [-0.15, -0.1) is 0 Å². The van der Waals surface area contributed by atoms with E-state index in [9.17, 15) is 19.2 Å². The molecule has 5 N–H and O–H groups in total. The molecule has 0 fully saturated rings. The number of aromatic amines is 1. The quantitative estimate of drug-likeness (QED) is 0.0636. The molecule has 4 amide bonds. The fraction of sp³-hybridized carbons (Fsp3) is 0.310. The summed E-state index contributed by atoms with van der Waals surface area (Å²) in [5, 5.41) is 13.1. The molecule has 0 aliphatic rings. The normalized spacial score (nSPS) is 13.3. The van der Waals surface area contributed by atoms with Gasteiger partial charge in [-0.2, -0.15) is 12.6 Å². The van der Waals surface area contributed by atoms with Gasteiger partial charge in [-0.3, -0.25) is 14.4 Å². The first-order valence-corrected chi connectivity index (χ1v) is 18.7. The second kappa shape index (κ2) is 20.0. The Morgan fingerprint density at radius 3 is 2.11 bits per heavy atom. The maximum atomic E-state index is 14.2. The Bertz CT molecular complexity index is 1950. The first-order valence-electron chi connectivity index (χ1n) is 18.1. The van der Waals surface area contributed by atoms with Crippen LogP contribution in [-0.4, -0.2) is 57.2 Å². The van der Waals surface area contributed by atoms with Gasteiger partial charge in [0.05, 0.1) is 6.33 Å². The number of ether oxygens (including phenoxy) is 1. The van der Waals surface area contributed by atoms with Crippen LogP contribution in [0.5, 0.6) is 0 Å². The zero-order valence-corrected chi connectivity index (χ0v) is 31.4. The van der Waals surface area contributed by atoms with Crippen LogP contribution in [0.25, 0.3) is 10.8 Å². The first-order chi connectivity index (χ1) is 26.1. The number of aromatic nitrogens is 2. The van der Waals surface area contributed by atoms with E-state index >= 15 is 0 Å². The highest BCUT2D eigenvalue weighted by Gasteiger charge is 2.31. The smallest absolute Gasteiger partial charge is 0.408 e. The number of nitrogens with one attached hydrogen (secondary N) is 5. The second-order valence-corrected chi connectivity index (χ2v) is 14.4. The van der Waals surface area contributed by atoms with E-state index in [0.717, 1.165) is 27.5 Å². The molecule has 1 unspecified atom stereocenters. The lowest BCUT2D eigenvalue weighted by Crippen LogP contribution is -2.57. The van der Waals surface area contributed by atoms with Crippen molar-refractivity contribution in [3.05, 3.63) is 138 Å². The summed E-state index contributed by atoms with van der Waals surface area (Å²) in [6.45, 7) is 4.46. The van der Waals surface area contributed by atoms with Crippen LogP contribution in [0.15, 0.2) is 116 Å². The van der Waals surface area contributed by atoms with Crippen molar-refractivity contribution in [2.75, 3.05) is 0 Å². The Kier molecular flexibility index (Phi) is 14.7. The standard InChI is InChI=1S/C42H48N6O5S/c1-28(2)20-35(38(54)23-39(49)44-24-29-12-5-3-6-13-29)46-41(51)37(22-33-25-43-27-45-33)47-40(50)36(48-42(52)53-26-30-14-7-4-8-15-30)21-32-18-11-17-31-16-9-10-19-34(31)32/h3-19,25,27-28,35-38,54H,20-24,26H2,1-2H3,(H,43,45)(H,44,49)(H,46,51)(H,47,50)(H,48,52)/t35-,36-,37?,38-/m0/s1. The maximum absolute atomic E-state index is 14.2. The number of benzene rings is 4. The third-order valence-corrected chi connectivity index (χ3v) is 9.52. The predicted molar refractivity (Wildman–Crippen MR) is 212 cm³/mol. The SMILES string of the molecule is CC(C)C[C@H](NC(=O)C(Cc1cnc[nH]1)NC(=O)[C@H](Cc1cccc2ccccc12)NC(=O)OCc1ccccc1)[C@@H](S)CC(=O)NCc1ccccc1. The summed E-state index contributed by atoms with van der Waals surface area (Å²) in [6, 6.07) is 29.8. The van der Waals surface area contributed by atoms with Crippen molar-refractivity contribution in [2.24, 2.45) is 5.92 Å². The number of carbonyl (C=O) groups excluding carboxylic acids is 4. The molecule has 1 heterocycles. The summed E-state index contributed by atoms with van der Waals surface area (Å²) in [5.41, 5.74) is 3.24. The topological polar surface area (TPSA) is 154 Å². The van der Waals surface area contributed by atoms with E-state index < -0.39 is 41.3 Å². The zero-order chi connectivity index (χ0) is 38.3. The van der Waals surface area contributed by atoms with E-state index in [2.05, 4.69) is 31.2 Å². The van der Waals surface area contributed by atoms with Crippen molar-refractivity contribution >= 4 is 47.2 Å². The van der Waals surface area contributed by atoms with E-state index in [1.807, 2.05) is 117 Å². The second-order valence-electron chi connectivity index (χ2n) is 13.7. The van der Waals surface area contributed by atoms with Crippen molar-refractivity contribution in [1.82, 2.24) is 31.2 Å². The monoisotopic (exact) mass is 748 g/mol. The van der Waals surface area contributed by atoms with E-state index in [0.29, 0.717) is 18.7 Å². The van der Waals surface area contributed by atoms with Gasteiger partial charge in [0.1, 0.15) is 18.7 Å². The average Bonchev–Trinajstić information content (AvgIpc) is 3.69. The molecule has 5 aromatic rings. The van der Waals surface area contributed by atoms with Gasteiger partial charge in [0, 0.05) is 49.0 Å². The molecule has 0 bridgehead atoms. The number of hydrogen-bond donors (Lipinski definition) is 6. The minimum atomic E-state index is -1.09. The Morgan fingerprint density at radius 2 is 1.41 bits per heavy atom. The van der Waals surface area contributed by atoms with Gasteiger partial charge in [0.25, 0.3) is 0 Å². The Labute approximate surface area is 321 Å². The number of carbonyl (C=O) groups is 4. The number of H-pyrrole nitrogens is 1. The molecule has 0 radical (unpaired) electrons. The number of amides is 4. The van der Waals surface area contributed by atoms with Crippen LogP contribution in [0.3, 0.4) is 0 Å². The fourth-order valence-corrected chi connectivity index (χ4v) is 6.57. The van der Waals surface area contributed by atoms with Crippen molar-refractivity contribution in [2.45, 2.75) is 76.1 Å². The van der Waals surface area contributed by atoms with Gasteiger partial charge in [0.2, 0.25) is 17.7 Å². The lowest BCUT2D eigenvalue weighted by Gasteiger charge is -2.29. The molecule has 54 heavy (non-hydrogen) atoms. The maximum Gasteiger partial charge on any atom is 0.408 e. The van der Waals surface area contributed by atoms with Gasteiger partial charge < -0.3 is 31.0 Å². The number of imidazole rings is 1. The highest BCUT2D eigenvalue weighted by atomic mass is 32.1. The van der Waals surface area contributed by atoms with Crippen LogP contribution in [0.4, 0.5) is 4.79 Å². The molecular weight excluding hydrogens is 701 g/mol. The number of hydrogen-bond acceptors (Lipinski definition) is 7. The summed E-state index contributed by atoms with van der Waals surface area (Å²) in [7, 11) is 0. The van der Waals surface area contributed by atoms with Crippen LogP contribution in [0, 0.1) is 5.92 Å². The van der Waals surface area contributed by atoms with Crippen molar-refractivity contribution in [3.63, 3.8) is 0 Å². The van der Waals surface area contributed by atoms with Gasteiger partial charge >= 0.3 is 6.09 Å². The molecule has 0 saturated heterocycles. The molecule has 12 heteroatoms. The summed E-state index contributed by atoms with van der Waals surface area (Å²) < 4.78 is 5.50. The first kappa shape index (κ1) is 39.6. The molecular formula is C42H48N6O5S. The molecule has 0 aliphatic carbocycles. The zero-order valence-electron chi connectivity index (χ0n) is 30.5. The highest BCUT2D eigenvalue weighted by Crippen LogP contribution is 2.21.